The fourth-order valence-electron chi connectivity index (χ4n) is 6.83. The monoisotopic (exact) mass is 700 g/mol. The highest BCUT2D eigenvalue weighted by atomic mass is 19.4. The predicted octanol–water partition coefficient (Wildman–Crippen LogP) is 6.17. The highest BCUT2D eigenvalue weighted by molar-refractivity contribution is 5.83. The molecule has 0 saturated carbocycles. The van der Waals surface area contributed by atoms with Crippen molar-refractivity contribution in [3.8, 4) is 16.9 Å². The van der Waals surface area contributed by atoms with Gasteiger partial charge in [0, 0.05) is 54.1 Å². The number of nitrogens with zero attached hydrogens (tertiary/aromatic N) is 4. The van der Waals surface area contributed by atoms with Crippen molar-refractivity contribution >= 4 is 16.9 Å². The van der Waals surface area contributed by atoms with Gasteiger partial charge in [0.2, 0.25) is 0 Å². The van der Waals surface area contributed by atoms with E-state index < -0.39 is 29.9 Å². The number of aromatic amines is 1. The van der Waals surface area contributed by atoms with Crippen LogP contribution in [0.2, 0.25) is 0 Å². The molecule has 7 N–H and O–H groups in total. The van der Waals surface area contributed by atoms with E-state index in [1.54, 1.807) is 24.3 Å². The molecule has 1 aliphatic heterocycles. The minimum atomic E-state index is -4.55. The first-order chi connectivity index (χ1) is 23.9. The number of hydrogen-bond donors (Lipinski definition) is 4. The second kappa shape index (κ2) is 16.3. The fourth-order valence-corrected chi connectivity index (χ4v) is 6.83. The summed E-state index contributed by atoms with van der Waals surface area (Å²) >= 11 is 0. The van der Waals surface area contributed by atoms with Gasteiger partial charge in [0.05, 0.1) is 24.5 Å². The van der Waals surface area contributed by atoms with Gasteiger partial charge in [-0.05, 0) is 106 Å². The Morgan fingerprint density at radius 3 is 2.64 bits per heavy atom. The number of amidine groups is 1. The van der Waals surface area contributed by atoms with E-state index in [2.05, 4.69) is 19.9 Å². The molecule has 0 aliphatic carbocycles. The van der Waals surface area contributed by atoms with E-state index in [0.29, 0.717) is 85.2 Å². The summed E-state index contributed by atoms with van der Waals surface area (Å²) in [5, 5.41) is 0.463. The zero-order valence-corrected chi connectivity index (χ0v) is 28.2. The van der Waals surface area contributed by atoms with Crippen molar-refractivity contribution in [1.82, 2.24) is 19.4 Å². The quantitative estimate of drug-likeness (QED) is 0.0704. The molecule has 270 valence electrons. The number of piperidine rings is 1. The average Bonchev–Trinajstić information content (AvgIpc) is 3.49. The predicted molar refractivity (Wildman–Crippen MR) is 187 cm³/mol. The third-order valence-corrected chi connectivity index (χ3v) is 9.31. The van der Waals surface area contributed by atoms with Crippen LogP contribution in [-0.4, -0.2) is 63.7 Å². The normalized spacial score (nSPS) is 18.2. The van der Waals surface area contributed by atoms with Crippen LogP contribution < -0.4 is 22.9 Å². The summed E-state index contributed by atoms with van der Waals surface area (Å²) in [6.45, 7) is 2.46. The minimum Gasteiger partial charge on any atom is -0.386 e. The second-order valence-corrected chi connectivity index (χ2v) is 13.1. The lowest BCUT2D eigenvalue weighted by Gasteiger charge is -2.42. The van der Waals surface area contributed by atoms with Crippen LogP contribution in [0.15, 0.2) is 58.4 Å². The van der Waals surface area contributed by atoms with Gasteiger partial charge in [0.1, 0.15) is 17.3 Å². The smallest absolute Gasteiger partial charge is 0.386 e. The summed E-state index contributed by atoms with van der Waals surface area (Å²) in [5.74, 6) is -0.146. The lowest BCUT2D eigenvalue weighted by Crippen LogP contribution is -2.43. The molecular formula is C36H45F5N8O. The van der Waals surface area contributed by atoms with Gasteiger partial charge in [0.15, 0.2) is 0 Å². The molecule has 1 fully saturated rings. The molecule has 3 heterocycles. The largest absolute Gasteiger partial charge is 0.416 e. The molecule has 4 aromatic rings. The first-order valence-corrected chi connectivity index (χ1v) is 17.1. The molecule has 0 amide bonds. The van der Waals surface area contributed by atoms with Gasteiger partial charge in [0.25, 0.3) is 0 Å². The number of H-pyrrole nitrogens is 1. The molecule has 0 unspecified atom stereocenters. The standard InChI is InChI=1S/C36H45F5N8O/c1-22(43)5-2-6-23-15-24(17-26(16-23)36(39,40)41)31-18-25-21-49(35(50)47-34(25)46-31)28-9-10-29(30(38)19-28)32-8-3-7-27(48(32)14-4-12-37)11-13-45-33(44)20-42/h9-10,15-19,21-22,27,32H,2-8,11-14,20,42-43H2,1H3,(H2,44,45)(H,46,47,50)/t22-,27-,32-/m0/s1. The highest BCUT2D eigenvalue weighted by Crippen LogP contribution is 2.38. The molecular weight excluding hydrogens is 655 g/mol. The molecule has 9 nitrogen and oxygen atoms in total. The summed E-state index contributed by atoms with van der Waals surface area (Å²) in [6.07, 6.45) is 2.10. The molecule has 0 radical (unpaired) electrons. The molecule has 0 bridgehead atoms. The molecule has 0 spiro atoms. The Labute approximate surface area is 287 Å². The van der Waals surface area contributed by atoms with Crippen LogP contribution in [0.4, 0.5) is 22.0 Å². The summed E-state index contributed by atoms with van der Waals surface area (Å²) in [7, 11) is 0. The Morgan fingerprint density at radius 1 is 1.14 bits per heavy atom. The third kappa shape index (κ3) is 8.95. The van der Waals surface area contributed by atoms with Crippen molar-refractivity contribution < 1.29 is 22.0 Å². The van der Waals surface area contributed by atoms with Crippen molar-refractivity contribution in [2.75, 3.05) is 26.3 Å². The number of fused-ring (bicyclic) bond motifs is 1. The zero-order chi connectivity index (χ0) is 36.0. The van der Waals surface area contributed by atoms with Crippen molar-refractivity contribution in [2.24, 2.45) is 22.2 Å². The molecule has 50 heavy (non-hydrogen) atoms. The van der Waals surface area contributed by atoms with Crippen molar-refractivity contribution in [1.29, 1.82) is 0 Å². The van der Waals surface area contributed by atoms with Gasteiger partial charge in [-0.25, -0.2) is 9.18 Å². The van der Waals surface area contributed by atoms with E-state index in [-0.39, 0.29) is 36.0 Å². The van der Waals surface area contributed by atoms with Crippen LogP contribution in [0.25, 0.3) is 28.0 Å². The molecule has 14 heteroatoms. The van der Waals surface area contributed by atoms with E-state index in [0.717, 1.165) is 25.0 Å². The van der Waals surface area contributed by atoms with Crippen molar-refractivity contribution in [3.63, 3.8) is 0 Å². The van der Waals surface area contributed by atoms with Crippen molar-refractivity contribution in [3.05, 3.63) is 81.7 Å². The van der Waals surface area contributed by atoms with Crippen LogP contribution in [0.3, 0.4) is 0 Å². The Morgan fingerprint density at radius 2 is 1.94 bits per heavy atom. The molecule has 5 rings (SSSR count). The topological polar surface area (TPSA) is 144 Å². The number of alkyl halides is 4. The number of aliphatic imine (C=N–C) groups is 1. The number of benzene rings is 2. The molecule has 1 aliphatic rings. The van der Waals surface area contributed by atoms with Gasteiger partial charge in [-0.1, -0.05) is 6.07 Å². The van der Waals surface area contributed by atoms with Crippen LogP contribution >= 0.6 is 0 Å². The van der Waals surface area contributed by atoms with E-state index in [4.69, 9.17) is 17.2 Å². The third-order valence-electron chi connectivity index (χ3n) is 9.31. The number of rotatable bonds is 14. The van der Waals surface area contributed by atoms with Gasteiger partial charge >= 0.3 is 11.9 Å². The lowest BCUT2D eigenvalue weighted by molar-refractivity contribution is -0.137. The number of aromatic nitrogens is 3. The Bertz CT molecular complexity index is 1850. The summed E-state index contributed by atoms with van der Waals surface area (Å²) < 4.78 is 71.9. The average molecular weight is 701 g/mol. The van der Waals surface area contributed by atoms with Gasteiger partial charge in [-0.2, -0.15) is 18.2 Å². The zero-order valence-electron chi connectivity index (χ0n) is 28.2. The van der Waals surface area contributed by atoms with Crippen LogP contribution in [-0.2, 0) is 12.6 Å². The Balaban J connectivity index is 1.43. The minimum absolute atomic E-state index is 0.0580. The number of nitrogens with two attached hydrogens (primary N) is 3. The maximum absolute atomic E-state index is 15.9. The number of aryl methyl sites for hydroxylation is 1. The van der Waals surface area contributed by atoms with Gasteiger partial charge in [-0.15, -0.1) is 0 Å². The highest BCUT2D eigenvalue weighted by Gasteiger charge is 2.33. The summed E-state index contributed by atoms with van der Waals surface area (Å²) in [4.78, 5) is 26.7. The lowest BCUT2D eigenvalue weighted by atomic mass is 9.88. The van der Waals surface area contributed by atoms with Crippen LogP contribution in [0.5, 0.6) is 0 Å². The fraction of sp³-hybridized carbons (Fsp3) is 0.472. The summed E-state index contributed by atoms with van der Waals surface area (Å²) in [5.41, 5.74) is 17.8. The number of halogens is 5. The summed E-state index contributed by atoms with van der Waals surface area (Å²) in [6, 6.07) is 9.83. The van der Waals surface area contributed by atoms with E-state index >= 15 is 4.39 Å². The molecule has 2 aromatic heterocycles. The van der Waals surface area contributed by atoms with Crippen LogP contribution in [0.1, 0.15) is 74.6 Å². The molecule has 2 aromatic carbocycles. The van der Waals surface area contributed by atoms with Crippen molar-refractivity contribution in [2.45, 2.75) is 82.6 Å². The van der Waals surface area contributed by atoms with E-state index in [1.807, 2.05) is 6.92 Å². The van der Waals surface area contributed by atoms with E-state index in [1.165, 1.54) is 16.8 Å². The second-order valence-electron chi connectivity index (χ2n) is 13.1. The van der Waals surface area contributed by atoms with E-state index in [9.17, 15) is 22.4 Å². The van der Waals surface area contributed by atoms with Gasteiger partial charge < -0.3 is 22.2 Å². The van der Waals surface area contributed by atoms with Gasteiger partial charge in [-0.3, -0.25) is 18.8 Å². The number of likely N-dealkylation sites (tertiary alicyclic amines) is 1. The number of nitrogens with one attached hydrogen (secondary N) is 1. The maximum Gasteiger partial charge on any atom is 0.416 e. The first-order valence-electron chi connectivity index (χ1n) is 17.1. The first kappa shape index (κ1) is 37.1. The Kier molecular flexibility index (Phi) is 12.1. The SMILES string of the molecule is C[C@H](N)CCCc1cc(-c2cc3cn(-c4ccc([C@@H]5CCC[C@@H](CCN=C(N)CN)N5CCCF)c(F)c4)c(=O)nc3[nH]2)cc(C(F)(F)F)c1. The molecule has 3 atom stereocenters. The number of hydrogen-bond acceptors (Lipinski definition) is 6. The van der Waals surface area contributed by atoms with Crippen LogP contribution in [0, 0.1) is 5.82 Å². The maximum atomic E-state index is 15.9. The molecule has 1 saturated heterocycles. The Hall–Kier alpha value is -4.14.